The zero-order chi connectivity index (χ0) is 15.9. The number of halogens is 2. The van der Waals surface area contributed by atoms with Crippen LogP contribution in [0.3, 0.4) is 0 Å². The summed E-state index contributed by atoms with van der Waals surface area (Å²) < 4.78 is 18.1. The lowest BCUT2D eigenvalue weighted by molar-refractivity contribution is 0.251. The van der Waals surface area contributed by atoms with E-state index < -0.39 is 0 Å². The Kier molecular flexibility index (Phi) is 5.61. The second kappa shape index (κ2) is 7.66. The third-order valence-electron chi connectivity index (χ3n) is 2.86. The molecule has 0 aliphatic carbocycles. The average molecular weight is 323 g/mol. The van der Waals surface area contributed by atoms with Crippen molar-refractivity contribution in [1.82, 2.24) is 5.32 Å². The van der Waals surface area contributed by atoms with Crippen molar-refractivity contribution < 1.29 is 13.9 Å². The molecule has 2 aromatic rings. The number of amides is 2. The summed E-state index contributed by atoms with van der Waals surface area (Å²) in [5, 5.41) is 5.78. The molecule has 0 radical (unpaired) electrons. The standard InChI is InChI=1S/C16H16ClFN2O2/c1-2-22-15-8-7-13(9-14(15)17)20-16(21)19-10-11-3-5-12(18)6-4-11/h3-9H,2,10H2,1H3,(H2,19,20,21). The quantitative estimate of drug-likeness (QED) is 0.866. The largest absolute Gasteiger partial charge is 0.492 e. The second-order valence-electron chi connectivity index (χ2n) is 4.51. The minimum atomic E-state index is -0.371. The third-order valence-corrected chi connectivity index (χ3v) is 3.15. The lowest BCUT2D eigenvalue weighted by Gasteiger charge is -2.10. The van der Waals surface area contributed by atoms with E-state index in [4.69, 9.17) is 16.3 Å². The van der Waals surface area contributed by atoms with E-state index >= 15 is 0 Å². The molecule has 0 aliphatic heterocycles. The first-order valence-corrected chi connectivity index (χ1v) is 7.18. The number of hydrogen-bond donors (Lipinski definition) is 2. The Bertz CT molecular complexity index is 647. The Morgan fingerprint density at radius 3 is 2.59 bits per heavy atom. The van der Waals surface area contributed by atoms with Crippen LogP contribution in [0.2, 0.25) is 5.02 Å². The molecule has 0 heterocycles. The Balaban J connectivity index is 1.89. The molecule has 6 heteroatoms. The first-order valence-electron chi connectivity index (χ1n) is 6.80. The van der Waals surface area contributed by atoms with E-state index in [1.165, 1.54) is 12.1 Å². The van der Waals surface area contributed by atoms with Crippen molar-refractivity contribution in [2.24, 2.45) is 0 Å². The second-order valence-corrected chi connectivity index (χ2v) is 4.92. The van der Waals surface area contributed by atoms with Crippen LogP contribution in [-0.4, -0.2) is 12.6 Å². The van der Waals surface area contributed by atoms with Gasteiger partial charge in [-0.2, -0.15) is 0 Å². The molecule has 0 unspecified atom stereocenters. The van der Waals surface area contributed by atoms with Gasteiger partial charge in [-0.15, -0.1) is 0 Å². The molecule has 0 spiro atoms. The number of urea groups is 1. The summed E-state index contributed by atoms with van der Waals surface area (Å²) in [7, 11) is 0. The molecule has 0 saturated heterocycles. The lowest BCUT2D eigenvalue weighted by Crippen LogP contribution is -2.28. The van der Waals surface area contributed by atoms with E-state index in [2.05, 4.69) is 10.6 Å². The molecule has 2 N–H and O–H groups in total. The first kappa shape index (κ1) is 16.1. The Morgan fingerprint density at radius 2 is 1.95 bits per heavy atom. The maximum Gasteiger partial charge on any atom is 0.319 e. The summed E-state index contributed by atoms with van der Waals surface area (Å²) in [4.78, 5) is 11.8. The SMILES string of the molecule is CCOc1ccc(NC(=O)NCc2ccc(F)cc2)cc1Cl. The number of rotatable bonds is 5. The van der Waals surface area contributed by atoms with Crippen LogP contribution in [0, 0.1) is 5.82 Å². The lowest BCUT2D eigenvalue weighted by atomic mass is 10.2. The predicted molar refractivity (Wildman–Crippen MR) is 84.9 cm³/mol. The van der Waals surface area contributed by atoms with E-state index in [1.807, 2.05) is 6.92 Å². The molecule has 0 saturated carbocycles. The summed E-state index contributed by atoms with van der Waals surface area (Å²) >= 11 is 6.05. The fraction of sp³-hybridized carbons (Fsp3) is 0.188. The molecule has 116 valence electrons. The Morgan fingerprint density at radius 1 is 1.23 bits per heavy atom. The highest BCUT2D eigenvalue weighted by Gasteiger charge is 2.06. The number of hydrogen-bond acceptors (Lipinski definition) is 2. The van der Waals surface area contributed by atoms with Gasteiger partial charge in [0, 0.05) is 12.2 Å². The minimum Gasteiger partial charge on any atom is -0.492 e. The Hall–Kier alpha value is -2.27. The Labute approximate surface area is 133 Å². The summed E-state index contributed by atoms with van der Waals surface area (Å²) in [6.45, 7) is 2.69. The van der Waals surface area contributed by atoms with Crippen LogP contribution in [0.5, 0.6) is 5.75 Å². The van der Waals surface area contributed by atoms with Crippen LogP contribution in [-0.2, 0) is 6.54 Å². The maximum atomic E-state index is 12.8. The number of carbonyl (C=O) groups excluding carboxylic acids is 1. The molecule has 0 atom stereocenters. The number of benzene rings is 2. The summed E-state index contributed by atoms with van der Waals surface area (Å²) in [5.41, 5.74) is 1.37. The molecule has 4 nitrogen and oxygen atoms in total. The van der Waals surface area contributed by atoms with Crippen molar-refractivity contribution in [3.8, 4) is 5.75 Å². The smallest absolute Gasteiger partial charge is 0.319 e. The maximum absolute atomic E-state index is 12.8. The molecule has 0 bridgehead atoms. The highest BCUT2D eigenvalue weighted by molar-refractivity contribution is 6.32. The van der Waals surface area contributed by atoms with Crippen LogP contribution in [0.1, 0.15) is 12.5 Å². The molecule has 2 amide bonds. The summed E-state index contributed by atoms with van der Waals surface area (Å²) in [5.74, 6) is 0.263. The van der Waals surface area contributed by atoms with Crippen molar-refractivity contribution in [3.63, 3.8) is 0 Å². The summed E-state index contributed by atoms with van der Waals surface area (Å²) in [6, 6.07) is 10.6. The summed E-state index contributed by atoms with van der Waals surface area (Å²) in [6.07, 6.45) is 0. The van der Waals surface area contributed by atoms with Crippen LogP contribution in [0.25, 0.3) is 0 Å². The van der Waals surface area contributed by atoms with Gasteiger partial charge >= 0.3 is 6.03 Å². The van der Waals surface area contributed by atoms with Crippen molar-refractivity contribution in [2.45, 2.75) is 13.5 Å². The van der Waals surface area contributed by atoms with Gasteiger partial charge in [-0.1, -0.05) is 23.7 Å². The average Bonchev–Trinajstić information content (AvgIpc) is 2.50. The van der Waals surface area contributed by atoms with Gasteiger partial charge < -0.3 is 15.4 Å². The molecular weight excluding hydrogens is 307 g/mol. The molecule has 0 aromatic heterocycles. The van der Waals surface area contributed by atoms with Gasteiger partial charge in [0.2, 0.25) is 0 Å². The molecule has 2 rings (SSSR count). The van der Waals surface area contributed by atoms with Crippen LogP contribution in [0.4, 0.5) is 14.9 Å². The van der Waals surface area contributed by atoms with E-state index in [-0.39, 0.29) is 11.8 Å². The van der Waals surface area contributed by atoms with Gasteiger partial charge in [-0.3, -0.25) is 0 Å². The van der Waals surface area contributed by atoms with Gasteiger partial charge in [0.1, 0.15) is 11.6 Å². The van der Waals surface area contributed by atoms with E-state index in [1.54, 1.807) is 30.3 Å². The van der Waals surface area contributed by atoms with Crippen molar-refractivity contribution in [2.75, 3.05) is 11.9 Å². The fourth-order valence-electron chi connectivity index (χ4n) is 1.81. The van der Waals surface area contributed by atoms with Gasteiger partial charge in [0.25, 0.3) is 0 Å². The third kappa shape index (κ3) is 4.63. The van der Waals surface area contributed by atoms with Crippen molar-refractivity contribution >= 4 is 23.3 Å². The zero-order valence-electron chi connectivity index (χ0n) is 12.0. The van der Waals surface area contributed by atoms with Crippen molar-refractivity contribution in [3.05, 3.63) is 58.9 Å². The van der Waals surface area contributed by atoms with E-state index in [0.29, 0.717) is 29.6 Å². The highest BCUT2D eigenvalue weighted by atomic mass is 35.5. The normalized spacial score (nSPS) is 10.1. The van der Waals surface area contributed by atoms with Crippen LogP contribution < -0.4 is 15.4 Å². The molecule has 0 aliphatic rings. The molecule has 2 aromatic carbocycles. The number of ether oxygens (including phenoxy) is 1. The number of carbonyl (C=O) groups is 1. The number of nitrogens with one attached hydrogen (secondary N) is 2. The van der Waals surface area contributed by atoms with Gasteiger partial charge in [0.15, 0.2) is 0 Å². The van der Waals surface area contributed by atoms with Crippen LogP contribution >= 0.6 is 11.6 Å². The van der Waals surface area contributed by atoms with Gasteiger partial charge in [0.05, 0.1) is 11.6 Å². The zero-order valence-corrected chi connectivity index (χ0v) is 12.8. The topological polar surface area (TPSA) is 50.4 Å². The number of anilines is 1. The minimum absolute atomic E-state index is 0.302. The van der Waals surface area contributed by atoms with Crippen molar-refractivity contribution in [1.29, 1.82) is 0 Å². The van der Waals surface area contributed by atoms with Crippen LogP contribution in [0.15, 0.2) is 42.5 Å². The fourth-order valence-corrected chi connectivity index (χ4v) is 2.05. The van der Waals surface area contributed by atoms with Gasteiger partial charge in [-0.05, 0) is 42.8 Å². The van der Waals surface area contributed by atoms with E-state index in [9.17, 15) is 9.18 Å². The van der Waals surface area contributed by atoms with E-state index in [0.717, 1.165) is 5.56 Å². The first-order chi connectivity index (χ1) is 10.6. The highest BCUT2D eigenvalue weighted by Crippen LogP contribution is 2.27. The van der Waals surface area contributed by atoms with Gasteiger partial charge in [-0.25, -0.2) is 9.18 Å². The molecule has 22 heavy (non-hydrogen) atoms. The molecule has 0 fully saturated rings. The monoisotopic (exact) mass is 322 g/mol. The molecular formula is C16H16ClFN2O2. The predicted octanol–water partition coefficient (Wildman–Crippen LogP) is 4.20.